The number of aromatic nitrogens is 1. The number of amides is 2. The van der Waals surface area contributed by atoms with E-state index in [2.05, 4.69) is 10.6 Å². The number of nitrogens with one attached hydrogen (secondary N) is 2. The molecule has 2 amide bonds. The van der Waals surface area contributed by atoms with Gasteiger partial charge in [0.2, 0.25) is 11.3 Å². The summed E-state index contributed by atoms with van der Waals surface area (Å²) in [6.07, 6.45) is 2.70. The number of rotatable bonds is 9. The van der Waals surface area contributed by atoms with Gasteiger partial charge in [0.05, 0.1) is 17.5 Å². The molecule has 2 aromatic carbocycles. The van der Waals surface area contributed by atoms with Crippen molar-refractivity contribution in [2.45, 2.75) is 32.2 Å². The summed E-state index contributed by atoms with van der Waals surface area (Å²) >= 11 is 5.93. The van der Waals surface area contributed by atoms with Gasteiger partial charge in [0.25, 0.3) is 5.91 Å². The summed E-state index contributed by atoms with van der Waals surface area (Å²) in [6.45, 7) is 1.16. The summed E-state index contributed by atoms with van der Waals surface area (Å²) in [4.78, 5) is 40.8. The van der Waals surface area contributed by atoms with E-state index in [9.17, 15) is 19.5 Å². The first-order valence-electron chi connectivity index (χ1n) is 12.2. The minimum atomic E-state index is -0.722. The fourth-order valence-electron chi connectivity index (χ4n) is 4.58. The Morgan fingerprint density at radius 3 is 2.66 bits per heavy atom. The third-order valence-electron chi connectivity index (χ3n) is 6.66. The highest BCUT2D eigenvalue weighted by Crippen LogP contribution is 2.30. The quantitative estimate of drug-likeness (QED) is 0.283. The van der Waals surface area contributed by atoms with E-state index in [1.54, 1.807) is 54.1 Å². The van der Waals surface area contributed by atoms with Crippen LogP contribution in [0.15, 0.2) is 70.2 Å². The van der Waals surface area contributed by atoms with Gasteiger partial charge >= 0.3 is 0 Å². The first-order valence-corrected chi connectivity index (χ1v) is 12.6. The van der Waals surface area contributed by atoms with Gasteiger partial charge in [-0.05, 0) is 60.5 Å². The van der Waals surface area contributed by atoms with Crippen LogP contribution in [0.1, 0.15) is 39.8 Å². The molecular formula is C28H27ClN4O5. The first kappa shape index (κ1) is 25.7. The van der Waals surface area contributed by atoms with Gasteiger partial charge in [-0.15, -0.1) is 0 Å². The Morgan fingerprint density at radius 1 is 1.13 bits per heavy atom. The highest BCUT2D eigenvalue weighted by Gasteiger charge is 2.26. The van der Waals surface area contributed by atoms with E-state index in [0.717, 1.165) is 11.1 Å². The minimum absolute atomic E-state index is 0.0264. The van der Waals surface area contributed by atoms with Crippen LogP contribution in [0.5, 0.6) is 0 Å². The average Bonchev–Trinajstić information content (AvgIpc) is 3.46. The van der Waals surface area contributed by atoms with Crippen LogP contribution in [0.2, 0.25) is 5.02 Å². The van der Waals surface area contributed by atoms with Gasteiger partial charge in [0.1, 0.15) is 24.0 Å². The van der Waals surface area contributed by atoms with E-state index < -0.39 is 17.4 Å². The van der Waals surface area contributed by atoms with Crippen LogP contribution in [0.25, 0.3) is 10.9 Å². The van der Waals surface area contributed by atoms with E-state index in [0.29, 0.717) is 46.9 Å². The van der Waals surface area contributed by atoms with Crippen LogP contribution in [0, 0.1) is 0 Å². The molecule has 3 heterocycles. The van der Waals surface area contributed by atoms with Crippen LogP contribution in [0.3, 0.4) is 0 Å². The lowest BCUT2D eigenvalue weighted by Crippen LogP contribution is -2.37. The first-order chi connectivity index (χ1) is 18.3. The summed E-state index contributed by atoms with van der Waals surface area (Å²) in [5.41, 5.74) is 2.42. The monoisotopic (exact) mass is 534 g/mol. The standard InChI is InChI=1S/C28H27ClN4O5/c1-32-22-12-18(13-30-9-8-23(34)24-3-2-10-38-24)11-20-26(22)33(16-25(32)35)15-21(27(20)36)28(37)31-14-17-4-6-19(29)7-5-17/h2-7,10-12,15,23,30,34H,8-9,13-14,16H2,1H3,(H,31,37). The molecular weight excluding hydrogens is 508 g/mol. The zero-order valence-electron chi connectivity index (χ0n) is 20.7. The zero-order valence-corrected chi connectivity index (χ0v) is 21.5. The number of aliphatic hydroxyl groups excluding tert-OH is 1. The summed E-state index contributed by atoms with van der Waals surface area (Å²) in [6, 6.07) is 14.1. The molecule has 4 aromatic rings. The molecule has 1 aliphatic rings. The van der Waals surface area contributed by atoms with Gasteiger partial charge < -0.3 is 29.6 Å². The Morgan fingerprint density at radius 2 is 1.92 bits per heavy atom. The lowest BCUT2D eigenvalue weighted by molar-refractivity contribution is -0.119. The van der Waals surface area contributed by atoms with Gasteiger partial charge in [-0.25, -0.2) is 0 Å². The molecule has 0 spiro atoms. The number of furan rings is 1. The van der Waals surface area contributed by atoms with Gasteiger partial charge in [0, 0.05) is 36.7 Å². The third-order valence-corrected chi connectivity index (χ3v) is 6.91. The van der Waals surface area contributed by atoms with E-state index in [4.69, 9.17) is 16.0 Å². The second-order valence-electron chi connectivity index (χ2n) is 9.27. The number of hydrogen-bond acceptors (Lipinski definition) is 6. The van der Waals surface area contributed by atoms with Gasteiger partial charge in [-0.3, -0.25) is 14.4 Å². The molecule has 2 aromatic heterocycles. The molecule has 0 bridgehead atoms. The number of likely N-dealkylation sites (N-methyl/N-ethyl adjacent to an activating group) is 1. The summed E-state index contributed by atoms with van der Waals surface area (Å²) in [5, 5.41) is 17.2. The smallest absolute Gasteiger partial charge is 0.257 e. The molecule has 0 saturated carbocycles. The normalized spacial score (nSPS) is 13.7. The van der Waals surface area contributed by atoms with Crippen molar-refractivity contribution in [1.82, 2.24) is 15.2 Å². The molecule has 9 nitrogen and oxygen atoms in total. The fraction of sp³-hybridized carbons (Fsp3) is 0.250. The molecule has 196 valence electrons. The Balaban J connectivity index is 1.39. The highest BCUT2D eigenvalue weighted by molar-refractivity contribution is 6.30. The molecule has 1 unspecified atom stereocenters. The largest absolute Gasteiger partial charge is 0.467 e. The van der Waals surface area contributed by atoms with Crippen molar-refractivity contribution in [3.8, 4) is 0 Å². The number of hydrogen-bond donors (Lipinski definition) is 3. The Hall–Kier alpha value is -3.92. The number of benzene rings is 2. The molecule has 5 rings (SSSR count). The second kappa shape index (κ2) is 10.8. The SMILES string of the molecule is CN1C(=O)Cn2cc(C(=O)NCc3ccc(Cl)cc3)c(=O)c3cc(CNCCC(O)c4ccco4)cc1c32. The fourth-order valence-corrected chi connectivity index (χ4v) is 4.71. The Kier molecular flexibility index (Phi) is 7.33. The van der Waals surface area contributed by atoms with Gasteiger partial charge in [-0.1, -0.05) is 23.7 Å². The van der Waals surface area contributed by atoms with Crippen LogP contribution in [-0.4, -0.2) is 35.1 Å². The number of carbonyl (C=O) groups is 2. The molecule has 0 fully saturated rings. The predicted octanol–water partition coefficient (Wildman–Crippen LogP) is 3.37. The number of anilines is 1. The molecule has 0 radical (unpaired) electrons. The molecule has 0 aliphatic carbocycles. The Bertz CT molecular complexity index is 1550. The van der Waals surface area contributed by atoms with Crippen LogP contribution < -0.4 is 21.0 Å². The number of aliphatic hydroxyl groups is 1. The second-order valence-corrected chi connectivity index (χ2v) is 9.71. The maximum absolute atomic E-state index is 13.5. The van der Waals surface area contributed by atoms with E-state index in [1.165, 1.54) is 17.4 Å². The molecule has 1 atom stereocenters. The van der Waals surface area contributed by atoms with Crippen molar-refractivity contribution >= 4 is 40.0 Å². The minimum Gasteiger partial charge on any atom is -0.467 e. The van der Waals surface area contributed by atoms with Crippen molar-refractivity contribution in [2.75, 3.05) is 18.5 Å². The maximum atomic E-state index is 13.5. The van der Waals surface area contributed by atoms with Crippen LogP contribution in [-0.2, 0) is 24.4 Å². The van der Waals surface area contributed by atoms with Crippen molar-refractivity contribution in [2.24, 2.45) is 0 Å². The number of nitrogens with zero attached hydrogens (tertiary/aromatic N) is 2. The molecule has 3 N–H and O–H groups in total. The Labute approximate surface area is 223 Å². The molecule has 38 heavy (non-hydrogen) atoms. The maximum Gasteiger partial charge on any atom is 0.257 e. The van der Waals surface area contributed by atoms with E-state index >= 15 is 0 Å². The molecule has 1 aliphatic heterocycles. The average molecular weight is 535 g/mol. The highest BCUT2D eigenvalue weighted by atomic mass is 35.5. The van der Waals surface area contributed by atoms with E-state index in [1.807, 2.05) is 6.07 Å². The zero-order chi connectivity index (χ0) is 26.8. The van der Waals surface area contributed by atoms with Crippen molar-refractivity contribution in [3.63, 3.8) is 0 Å². The summed E-state index contributed by atoms with van der Waals surface area (Å²) in [5.74, 6) is -0.162. The topological polar surface area (TPSA) is 117 Å². The van der Waals surface area contributed by atoms with Crippen molar-refractivity contribution < 1.29 is 19.1 Å². The number of carbonyl (C=O) groups excluding carboxylic acids is 2. The van der Waals surface area contributed by atoms with Crippen molar-refractivity contribution in [3.05, 3.63) is 98.7 Å². The van der Waals surface area contributed by atoms with Crippen molar-refractivity contribution in [1.29, 1.82) is 0 Å². The van der Waals surface area contributed by atoms with Gasteiger partial charge in [0.15, 0.2) is 0 Å². The van der Waals surface area contributed by atoms with E-state index in [-0.39, 0.29) is 24.6 Å². The summed E-state index contributed by atoms with van der Waals surface area (Å²) < 4.78 is 6.90. The summed E-state index contributed by atoms with van der Waals surface area (Å²) in [7, 11) is 1.68. The predicted molar refractivity (Wildman–Crippen MR) is 144 cm³/mol. The third kappa shape index (κ3) is 5.22. The van der Waals surface area contributed by atoms with Gasteiger partial charge in [-0.2, -0.15) is 0 Å². The lowest BCUT2D eigenvalue weighted by Gasteiger charge is -2.28. The molecule has 10 heteroatoms. The molecule has 0 saturated heterocycles. The van der Waals surface area contributed by atoms with Crippen LogP contribution >= 0.6 is 11.6 Å². The number of halogens is 1. The lowest BCUT2D eigenvalue weighted by atomic mass is 10.0. The van der Waals surface area contributed by atoms with Crippen LogP contribution in [0.4, 0.5) is 5.69 Å². The number of pyridine rings is 1.